The Morgan fingerprint density at radius 3 is 1.91 bits per heavy atom. The van der Waals surface area contributed by atoms with Gasteiger partial charge in [-0.15, -0.1) is 13.2 Å². The first-order valence-corrected chi connectivity index (χ1v) is 14.7. The molecule has 1 saturated carbocycles. The highest BCUT2D eigenvalue weighted by atomic mass is 19.4. The van der Waals surface area contributed by atoms with Crippen molar-refractivity contribution in [2.45, 2.75) is 64.7 Å². The van der Waals surface area contributed by atoms with Crippen LogP contribution in [-0.2, 0) is 16.1 Å². The lowest BCUT2D eigenvalue weighted by molar-refractivity contribution is -0.274. The maximum atomic E-state index is 14.9. The van der Waals surface area contributed by atoms with Crippen molar-refractivity contribution >= 4 is 0 Å². The van der Waals surface area contributed by atoms with E-state index in [2.05, 4.69) is 11.7 Å². The van der Waals surface area contributed by atoms with E-state index in [9.17, 15) is 30.7 Å². The molecule has 2 fully saturated rings. The van der Waals surface area contributed by atoms with Crippen molar-refractivity contribution in [3.05, 3.63) is 82.9 Å². The number of hydrogen-bond acceptors (Lipinski definition) is 4. The summed E-state index contributed by atoms with van der Waals surface area (Å²) in [5, 5.41) is 0. The van der Waals surface area contributed by atoms with Crippen molar-refractivity contribution in [2.75, 3.05) is 13.2 Å². The van der Waals surface area contributed by atoms with Gasteiger partial charge in [0.1, 0.15) is 24.0 Å². The summed E-state index contributed by atoms with van der Waals surface area (Å²) in [6.45, 7) is 2.52. The third-order valence-corrected chi connectivity index (χ3v) is 8.33. The van der Waals surface area contributed by atoms with Gasteiger partial charge in [-0.2, -0.15) is 0 Å². The van der Waals surface area contributed by atoms with Crippen molar-refractivity contribution < 1.29 is 49.7 Å². The van der Waals surface area contributed by atoms with E-state index in [0.29, 0.717) is 19.1 Å². The fraction of sp³-hybridized carbons (Fsp3) is 0.455. The number of hydrogen-bond donors (Lipinski definition) is 0. The second-order valence-corrected chi connectivity index (χ2v) is 11.4. The van der Waals surface area contributed by atoms with Gasteiger partial charge in [-0.3, -0.25) is 0 Å². The highest BCUT2D eigenvalue weighted by Gasteiger charge is 2.33. The smallest absolute Gasteiger partial charge is 0.483 e. The first-order chi connectivity index (χ1) is 21.0. The fourth-order valence-corrected chi connectivity index (χ4v) is 6.16. The number of rotatable bonds is 9. The van der Waals surface area contributed by atoms with Gasteiger partial charge < -0.3 is 18.9 Å². The van der Waals surface area contributed by atoms with E-state index in [1.165, 1.54) is 25.7 Å². The summed E-state index contributed by atoms with van der Waals surface area (Å²) in [6.07, 6.45) is 1.29. The van der Waals surface area contributed by atoms with Gasteiger partial charge in [-0.05, 0) is 72.2 Å². The average Bonchev–Trinajstić information content (AvgIpc) is 2.97. The molecule has 0 bridgehead atoms. The summed E-state index contributed by atoms with van der Waals surface area (Å²) >= 11 is 0. The zero-order valence-corrected chi connectivity index (χ0v) is 24.1. The highest BCUT2D eigenvalue weighted by Crippen LogP contribution is 2.39. The van der Waals surface area contributed by atoms with Crippen molar-refractivity contribution in [3.63, 3.8) is 0 Å². The summed E-state index contributed by atoms with van der Waals surface area (Å²) in [6, 6.07) is 7.93. The van der Waals surface area contributed by atoms with Crippen molar-refractivity contribution in [1.82, 2.24) is 0 Å². The van der Waals surface area contributed by atoms with Gasteiger partial charge in [-0.25, -0.2) is 17.6 Å². The molecule has 0 atom stereocenters. The molecule has 0 spiro atoms. The largest absolute Gasteiger partial charge is 0.573 e. The van der Waals surface area contributed by atoms with Crippen LogP contribution in [0.15, 0.2) is 48.5 Å². The minimum Gasteiger partial charge on any atom is -0.483 e. The van der Waals surface area contributed by atoms with Crippen LogP contribution in [0.2, 0.25) is 0 Å². The molecule has 5 rings (SSSR count). The van der Waals surface area contributed by atoms with Crippen LogP contribution in [0.3, 0.4) is 0 Å². The quantitative estimate of drug-likeness (QED) is 0.222. The summed E-state index contributed by atoms with van der Waals surface area (Å²) < 4.78 is 117. The topological polar surface area (TPSA) is 36.9 Å². The Morgan fingerprint density at radius 2 is 1.36 bits per heavy atom. The van der Waals surface area contributed by atoms with Crippen LogP contribution in [0.1, 0.15) is 62.9 Å². The maximum Gasteiger partial charge on any atom is 0.573 e. The Bertz CT molecular complexity index is 1360. The summed E-state index contributed by atoms with van der Waals surface area (Å²) in [4.78, 5) is 0. The molecule has 0 N–H and O–H groups in total. The first kappa shape index (κ1) is 32.1. The van der Waals surface area contributed by atoms with Crippen LogP contribution in [0.5, 0.6) is 11.5 Å². The van der Waals surface area contributed by atoms with E-state index in [-0.39, 0.29) is 22.6 Å². The van der Waals surface area contributed by atoms with Gasteiger partial charge in [0.25, 0.3) is 0 Å². The Hall–Kier alpha value is -3.31. The van der Waals surface area contributed by atoms with Gasteiger partial charge in [0.2, 0.25) is 0 Å². The van der Waals surface area contributed by atoms with Crippen LogP contribution in [-0.4, -0.2) is 19.6 Å². The van der Waals surface area contributed by atoms with Gasteiger partial charge >= 0.3 is 6.36 Å². The highest BCUT2D eigenvalue weighted by molar-refractivity contribution is 5.66. The molecule has 1 aliphatic heterocycles. The van der Waals surface area contributed by atoms with Crippen molar-refractivity contribution in [1.29, 1.82) is 0 Å². The second kappa shape index (κ2) is 13.8. The fourth-order valence-electron chi connectivity index (χ4n) is 6.16. The number of benzene rings is 3. The lowest BCUT2D eigenvalue weighted by Crippen LogP contribution is -2.34. The molecule has 0 aromatic heterocycles. The molecular formula is C33H33F7O4. The van der Waals surface area contributed by atoms with Crippen LogP contribution >= 0.6 is 0 Å². The molecule has 2 aliphatic rings. The van der Waals surface area contributed by atoms with Gasteiger partial charge in [0.05, 0.1) is 18.8 Å². The van der Waals surface area contributed by atoms with Crippen LogP contribution in [0, 0.1) is 41.0 Å². The zero-order valence-electron chi connectivity index (χ0n) is 24.1. The number of ether oxygens (including phenoxy) is 4. The SMILES string of the molecule is CCCC1CCC(C2COC(c3cc(F)c(OCc4cc(F)c(-c5ccc(OC(F)(F)F)cc5)c(F)c4)c(F)c3)OC2)CC1. The standard InChI is InChI=1S/C33H33F7O4/c1-2-3-19-4-6-21(7-5-19)24-17-42-32(43-18-24)23-14-28(36)31(29(37)15-23)41-16-20-12-26(34)30(27(35)13-20)22-8-10-25(11-9-22)44-33(38,39)40/h8-15,19,21,24,32H,2-7,16-18H2,1H3. The molecule has 1 aliphatic carbocycles. The molecule has 0 unspecified atom stereocenters. The van der Waals surface area contributed by atoms with Crippen LogP contribution in [0.25, 0.3) is 11.1 Å². The van der Waals surface area contributed by atoms with E-state index in [4.69, 9.17) is 14.2 Å². The van der Waals surface area contributed by atoms with Gasteiger partial charge in [0, 0.05) is 11.5 Å². The molecule has 4 nitrogen and oxygen atoms in total. The summed E-state index contributed by atoms with van der Waals surface area (Å²) in [5.41, 5.74) is -0.427. The third kappa shape index (κ3) is 7.85. The minimum atomic E-state index is -4.91. The minimum absolute atomic E-state index is 0.0347. The monoisotopic (exact) mass is 626 g/mol. The maximum absolute atomic E-state index is 14.9. The summed E-state index contributed by atoms with van der Waals surface area (Å²) in [7, 11) is 0. The second-order valence-electron chi connectivity index (χ2n) is 11.4. The Labute approximate surface area is 251 Å². The van der Waals surface area contributed by atoms with Crippen molar-refractivity contribution in [3.8, 4) is 22.6 Å². The average molecular weight is 627 g/mol. The van der Waals surface area contributed by atoms with Gasteiger partial charge in [-0.1, -0.05) is 44.7 Å². The molecule has 1 saturated heterocycles. The third-order valence-electron chi connectivity index (χ3n) is 8.33. The van der Waals surface area contributed by atoms with E-state index in [1.807, 2.05) is 0 Å². The van der Waals surface area contributed by atoms with Crippen LogP contribution in [0.4, 0.5) is 30.7 Å². The van der Waals surface area contributed by atoms with E-state index >= 15 is 0 Å². The van der Waals surface area contributed by atoms with E-state index in [0.717, 1.165) is 67.3 Å². The molecule has 3 aromatic rings. The Balaban J connectivity index is 1.18. The predicted octanol–water partition coefficient (Wildman–Crippen LogP) is 9.66. The molecule has 11 heteroatoms. The Kier molecular flexibility index (Phi) is 10.0. The lowest BCUT2D eigenvalue weighted by Gasteiger charge is -2.37. The summed E-state index contributed by atoms with van der Waals surface area (Å²) in [5.74, 6) is -3.87. The predicted molar refractivity (Wildman–Crippen MR) is 148 cm³/mol. The lowest BCUT2D eigenvalue weighted by atomic mass is 9.75. The van der Waals surface area contributed by atoms with Crippen molar-refractivity contribution in [2.24, 2.45) is 17.8 Å². The Morgan fingerprint density at radius 1 is 0.773 bits per heavy atom. The van der Waals surface area contributed by atoms with Gasteiger partial charge in [0.15, 0.2) is 23.7 Å². The van der Waals surface area contributed by atoms with Crippen LogP contribution < -0.4 is 9.47 Å². The molecule has 0 amide bonds. The number of halogens is 7. The molecular weight excluding hydrogens is 593 g/mol. The van der Waals surface area contributed by atoms with E-state index in [1.54, 1.807) is 0 Å². The molecule has 3 aromatic carbocycles. The molecule has 1 heterocycles. The van der Waals surface area contributed by atoms with E-state index < -0.39 is 59.6 Å². The first-order valence-electron chi connectivity index (χ1n) is 14.7. The molecule has 0 radical (unpaired) electrons. The number of alkyl halides is 3. The zero-order chi connectivity index (χ0) is 31.4. The molecule has 44 heavy (non-hydrogen) atoms. The normalized spacial score (nSPS) is 22.5. The molecule has 238 valence electrons.